The van der Waals surface area contributed by atoms with Crippen LogP contribution < -0.4 is 0 Å². The van der Waals surface area contributed by atoms with Crippen LogP contribution in [0.5, 0.6) is 0 Å². The monoisotopic (exact) mass is 247 g/mol. The molecule has 0 heterocycles. The Kier molecular flexibility index (Phi) is 4.02. The van der Waals surface area contributed by atoms with Gasteiger partial charge >= 0.3 is 0 Å². The minimum Gasteiger partial charge on any atom is -0.393 e. The van der Waals surface area contributed by atoms with Crippen LogP contribution in [0.4, 0.5) is 0 Å². The molecule has 1 N–H and O–H groups in total. The number of amides is 1. The maximum absolute atomic E-state index is 12.3. The third kappa shape index (κ3) is 2.72. The molecule has 1 fully saturated rings. The van der Waals surface area contributed by atoms with Crippen LogP contribution in [0, 0.1) is 5.92 Å². The van der Waals surface area contributed by atoms with Gasteiger partial charge < -0.3 is 10.0 Å². The molecule has 0 spiro atoms. The smallest absolute Gasteiger partial charge is 0.253 e. The van der Waals surface area contributed by atoms with E-state index in [1.807, 2.05) is 31.3 Å². The molecule has 1 amide bonds. The molecule has 0 aromatic heterocycles. The summed E-state index contributed by atoms with van der Waals surface area (Å²) in [7, 11) is 1.85. The molecule has 18 heavy (non-hydrogen) atoms. The van der Waals surface area contributed by atoms with E-state index in [1.54, 1.807) is 4.90 Å². The number of hydrogen-bond acceptors (Lipinski definition) is 2. The van der Waals surface area contributed by atoms with Gasteiger partial charge in [-0.25, -0.2) is 0 Å². The zero-order valence-corrected chi connectivity index (χ0v) is 11.1. The average Bonchev–Trinajstić information content (AvgIpc) is 2.35. The van der Waals surface area contributed by atoms with Crippen molar-refractivity contribution in [1.82, 2.24) is 4.90 Å². The second kappa shape index (κ2) is 5.53. The first-order chi connectivity index (χ1) is 8.61. The molecule has 1 aromatic rings. The van der Waals surface area contributed by atoms with Crippen molar-refractivity contribution >= 4 is 5.91 Å². The molecule has 0 saturated heterocycles. The van der Waals surface area contributed by atoms with Crippen LogP contribution in [-0.2, 0) is 6.42 Å². The number of benzene rings is 1. The first-order valence-electron chi connectivity index (χ1n) is 6.63. The van der Waals surface area contributed by atoms with E-state index in [0.29, 0.717) is 5.92 Å². The van der Waals surface area contributed by atoms with Gasteiger partial charge in [-0.15, -0.1) is 0 Å². The summed E-state index contributed by atoms with van der Waals surface area (Å²) in [6.45, 7) is 2.81. The van der Waals surface area contributed by atoms with Gasteiger partial charge in [-0.3, -0.25) is 4.79 Å². The highest BCUT2D eigenvalue weighted by molar-refractivity contribution is 5.95. The zero-order chi connectivity index (χ0) is 13.1. The molecule has 2 rings (SSSR count). The van der Waals surface area contributed by atoms with Gasteiger partial charge in [-0.2, -0.15) is 0 Å². The molecule has 0 radical (unpaired) electrons. The first-order valence-corrected chi connectivity index (χ1v) is 6.63. The summed E-state index contributed by atoms with van der Waals surface area (Å²) in [5.74, 6) is 0.552. The van der Waals surface area contributed by atoms with E-state index in [2.05, 4.69) is 6.92 Å². The van der Waals surface area contributed by atoms with Crippen molar-refractivity contribution in [1.29, 1.82) is 0 Å². The highest BCUT2D eigenvalue weighted by Gasteiger charge is 2.29. The van der Waals surface area contributed by atoms with Crippen LogP contribution in [0.2, 0.25) is 0 Å². The van der Waals surface area contributed by atoms with Gasteiger partial charge in [0.15, 0.2) is 0 Å². The predicted octanol–water partition coefficient (Wildman–Crippen LogP) is 2.09. The lowest BCUT2D eigenvalue weighted by Crippen LogP contribution is -2.39. The third-order valence-corrected chi connectivity index (χ3v) is 3.72. The van der Waals surface area contributed by atoms with Gasteiger partial charge in [0, 0.05) is 19.2 Å². The molecule has 0 aliphatic heterocycles. The van der Waals surface area contributed by atoms with Crippen molar-refractivity contribution in [3.05, 3.63) is 35.4 Å². The summed E-state index contributed by atoms with van der Waals surface area (Å²) >= 11 is 0. The number of aryl methyl sites for hydroxylation is 1. The highest BCUT2D eigenvalue weighted by Crippen LogP contribution is 2.28. The highest BCUT2D eigenvalue weighted by atomic mass is 16.3. The SMILES string of the molecule is CCc1ccccc1C(=O)N(C)CC1CC(O)C1. The van der Waals surface area contributed by atoms with Gasteiger partial charge in [0.1, 0.15) is 0 Å². The Hall–Kier alpha value is -1.35. The minimum absolute atomic E-state index is 0.0915. The summed E-state index contributed by atoms with van der Waals surface area (Å²) in [5.41, 5.74) is 1.91. The molecule has 0 atom stereocenters. The Morgan fingerprint density at radius 2 is 2.06 bits per heavy atom. The lowest BCUT2D eigenvalue weighted by atomic mass is 9.82. The van der Waals surface area contributed by atoms with Gasteiger partial charge in [0.05, 0.1) is 6.10 Å². The number of nitrogens with zero attached hydrogens (tertiary/aromatic N) is 1. The summed E-state index contributed by atoms with van der Waals surface area (Å²) in [5, 5.41) is 9.27. The average molecular weight is 247 g/mol. The van der Waals surface area contributed by atoms with E-state index in [4.69, 9.17) is 0 Å². The number of hydrogen-bond donors (Lipinski definition) is 1. The van der Waals surface area contributed by atoms with Crippen LogP contribution in [0.15, 0.2) is 24.3 Å². The van der Waals surface area contributed by atoms with Gasteiger partial charge in [0.2, 0.25) is 0 Å². The van der Waals surface area contributed by atoms with Gasteiger partial charge in [0.25, 0.3) is 5.91 Å². The van der Waals surface area contributed by atoms with Crippen molar-refractivity contribution in [2.24, 2.45) is 5.92 Å². The van der Waals surface area contributed by atoms with E-state index >= 15 is 0 Å². The van der Waals surface area contributed by atoms with Gasteiger partial charge in [-0.1, -0.05) is 25.1 Å². The maximum atomic E-state index is 12.3. The largest absolute Gasteiger partial charge is 0.393 e. The van der Waals surface area contributed by atoms with Crippen LogP contribution in [0.25, 0.3) is 0 Å². The summed E-state index contributed by atoms with van der Waals surface area (Å²) < 4.78 is 0. The molecule has 3 heteroatoms. The van der Waals surface area contributed by atoms with E-state index in [1.165, 1.54) is 0 Å². The fraction of sp³-hybridized carbons (Fsp3) is 0.533. The van der Waals surface area contributed by atoms with Crippen molar-refractivity contribution in [3.8, 4) is 0 Å². The lowest BCUT2D eigenvalue weighted by molar-refractivity contribution is 0.0265. The summed E-state index contributed by atoms with van der Waals surface area (Å²) in [6, 6.07) is 7.78. The van der Waals surface area contributed by atoms with Crippen molar-refractivity contribution in [3.63, 3.8) is 0 Å². The second-order valence-corrected chi connectivity index (χ2v) is 5.19. The molecular weight excluding hydrogens is 226 g/mol. The van der Waals surface area contributed by atoms with Crippen LogP contribution >= 0.6 is 0 Å². The maximum Gasteiger partial charge on any atom is 0.253 e. The first kappa shape index (κ1) is 13.1. The minimum atomic E-state index is -0.151. The van der Waals surface area contributed by atoms with E-state index in [9.17, 15) is 9.90 Å². The molecule has 0 bridgehead atoms. The Bertz CT molecular complexity index is 424. The van der Waals surface area contributed by atoms with Crippen molar-refractivity contribution in [2.45, 2.75) is 32.3 Å². The molecule has 1 saturated carbocycles. The number of aliphatic hydroxyl groups excluding tert-OH is 1. The second-order valence-electron chi connectivity index (χ2n) is 5.19. The number of aliphatic hydroxyl groups is 1. The number of carbonyl (C=O) groups excluding carboxylic acids is 1. The van der Waals surface area contributed by atoms with Crippen molar-refractivity contribution < 1.29 is 9.90 Å². The van der Waals surface area contributed by atoms with Crippen LogP contribution in [0.1, 0.15) is 35.7 Å². The number of carbonyl (C=O) groups is 1. The number of rotatable bonds is 4. The van der Waals surface area contributed by atoms with Crippen LogP contribution in [0.3, 0.4) is 0 Å². The molecular formula is C15H21NO2. The van der Waals surface area contributed by atoms with E-state index < -0.39 is 0 Å². The van der Waals surface area contributed by atoms with Crippen LogP contribution in [-0.4, -0.2) is 35.6 Å². The van der Waals surface area contributed by atoms with Crippen molar-refractivity contribution in [2.75, 3.05) is 13.6 Å². The predicted molar refractivity (Wildman–Crippen MR) is 71.5 cm³/mol. The Labute approximate surface area is 108 Å². The topological polar surface area (TPSA) is 40.5 Å². The fourth-order valence-electron chi connectivity index (χ4n) is 2.56. The van der Waals surface area contributed by atoms with E-state index in [0.717, 1.165) is 36.9 Å². The molecule has 1 aliphatic carbocycles. The Morgan fingerprint density at radius 3 is 2.67 bits per heavy atom. The third-order valence-electron chi connectivity index (χ3n) is 3.72. The Morgan fingerprint density at radius 1 is 1.39 bits per heavy atom. The molecule has 98 valence electrons. The van der Waals surface area contributed by atoms with E-state index in [-0.39, 0.29) is 12.0 Å². The zero-order valence-electron chi connectivity index (χ0n) is 11.1. The molecule has 3 nitrogen and oxygen atoms in total. The fourth-order valence-corrected chi connectivity index (χ4v) is 2.56. The Balaban J connectivity index is 2.01. The normalized spacial score (nSPS) is 22.4. The lowest BCUT2D eigenvalue weighted by Gasteiger charge is -2.34. The standard InChI is InChI=1S/C15H21NO2/c1-3-12-6-4-5-7-14(12)15(18)16(2)10-11-8-13(17)9-11/h4-7,11,13,17H,3,8-10H2,1-2H3. The summed E-state index contributed by atoms with van der Waals surface area (Å²) in [4.78, 5) is 14.1. The molecule has 0 unspecified atom stereocenters. The molecule has 1 aromatic carbocycles. The quantitative estimate of drug-likeness (QED) is 0.885. The summed E-state index contributed by atoms with van der Waals surface area (Å²) in [6.07, 6.45) is 2.37. The molecule has 1 aliphatic rings. The van der Waals surface area contributed by atoms with Gasteiger partial charge in [-0.05, 0) is 36.8 Å².